The molecule has 0 fully saturated rings. The number of aliphatic hydroxyl groups is 1. The Bertz CT molecular complexity index is 712. The van der Waals surface area contributed by atoms with E-state index in [9.17, 15) is 9.90 Å². The van der Waals surface area contributed by atoms with Gasteiger partial charge < -0.3 is 14.6 Å². The number of fused-ring (bicyclic) bond motifs is 1. The van der Waals surface area contributed by atoms with E-state index in [0.717, 1.165) is 0 Å². The topological polar surface area (TPSA) is 55.8 Å². The molecule has 0 aromatic heterocycles. The first-order valence-corrected chi connectivity index (χ1v) is 7.83. The molecule has 4 nitrogen and oxygen atoms in total. The molecule has 2 aromatic rings. The van der Waals surface area contributed by atoms with Crippen LogP contribution in [0.2, 0.25) is 0 Å². The van der Waals surface area contributed by atoms with Gasteiger partial charge in [0.25, 0.3) is 0 Å². The summed E-state index contributed by atoms with van der Waals surface area (Å²) < 4.78 is 11.2. The summed E-state index contributed by atoms with van der Waals surface area (Å²) in [6.07, 6.45) is 0.284. The van der Waals surface area contributed by atoms with Gasteiger partial charge >= 0.3 is 5.97 Å². The standard InChI is InChI=1S/C19H20O4/c1-3-18(17(20)22-4-2)19(21,14-10-6-5-7-11-14)15-12-8-9-13-16(15)23-18/h5-13,21H,3-4H2,1-2H3/t18-,19+/m0/s1. The molecule has 23 heavy (non-hydrogen) atoms. The fraction of sp³-hybridized carbons (Fsp3) is 0.316. The summed E-state index contributed by atoms with van der Waals surface area (Å²) in [6.45, 7) is 3.78. The van der Waals surface area contributed by atoms with Crippen LogP contribution in [-0.4, -0.2) is 23.3 Å². The molecule has 0 radical (unpaired) electrons. The fourth-order valence-electron chi connectivity index (χ4n) is 3.31. The molecule has 4 heteroatoms. The molecule has 2 aromatic carbocycles. The van der Waals surface area contributed by atoms with Gasteiger partial charge in [-0.05, 0) is 25.0 Å². The molecule has 0 unspecified atom stereocenters. The van der Waals surface area contributed by atoms with E-state index in [-0.39, 0.29) is 13.0 Å². The van der Waals surface area contributed by atoms with Crippen LogP contribution in [0, 0.1) is 0 Å². The number of ether oxygens (including phenoxy) is 2. The van der Waals surface area contributed by atoms with Gasteiger partial charge in [0.2, 0.25) is 5.60 Å². The Labute approximate surface area is 135 Å². The van der Waals surface area contributed by atoms with E-state index >= 15 is 0 Å². The molecule has 0 saturated heterocycles. The Hall–Kier alpha value is -2.33. The third-order valence-electron chi connectivity index (χ3n) is 4.44. The lowest BCUT2D eigenvalue weighted by Crippen LogP contribution is -2.58. The summed E-state index contributed by atoms with van der Waals surface area (Å²) in [5.41, 5.74) is -1.89. The van der Waals surface area contributed by atoms with Crippen molar-refractivity contribution in [2.75, 3.05) is 6.61 Å². The predicted octanol–water partition coefficient (Wildman–Crippen LogP) is 3.03. The predicted molar refractivity (Wildman–Crippen MR) is 86.2 cm³/mol. The zero-order valence-electron chi connectivity index (χ0n) is 13.3. The summed E-state index contributed by atoms with van der Waals surface area (Å²) in [7, 11) is 0. The molecule has 0 saturated carbocycles. The fourth-order valence-corrected chi connectivity index (χ4v) is 3.31. The maximum atomic E-state index is 12.7. The minimum absolute atomic E-state index is 0.227. The zero-order valence-corrected chi connectivity index (χ0v) is 13.3. The van der Waals surface area contributed by atoms with Crippen LogP contribution in [0.3, 0.4) is 0 Å². The Morgan fingerprint density at radius 2 is 1.74 bits per heavy atom. The third-order valence-corrected chi connectivity index (χ3v) is 4.44. The van der Waals surface area contributed by atoms with Crippen molar-refractivity contribution in [3.63, 3.8) is 0 Å². The zero-order chi connectivity index (χ0) is 16.5. The second kappa shape index (κ2) is 5.70. The SMILES string of the molecule is CCOC(=O)[C@]1(CC)Oc2ccccc2[C@]1(O)c1ccccc1. The number of rotatable bonds is 4. The van der Waals surface area contributed by atoms with E-state index in [2.05, 4.69) is 0 Å². The highest BCUT2D eigenvalue weighted by molar-refractivity contribution is 5.85. The van der Waals surface area contributed by atoms with Crippen LogP contribution in [-0.2, 0) is 15.1 Å². The van der Waals surface area contributed by atoms with Gasteiger partial charge in [-0.2, -0.15) is 0 Å². The largest absolute Gasteiger partial charge is 0.471 e. The van der Waals surface area contributed by atoms with Gasteiger partial charge in [0.15, 0.2) is 5.60 Å². The molecule has 120 valence electrons. The van der Waals surface area contributed by atoms with Crippen LogP contribution in [0.15, 0.2) is 54.6 Å². The highest BCUT2D eigenvalue weighted by atomic mass is 16.6. The van der Waals surface area contributed by atoms with Crippen LogP contribution in [0.5, 0.6) is 5.75 Å². The molecule has 3 rings (SSSR count). The Balaban J connectivity index is 2.26. The average Bonchev–Trinajstić information content (AvgIpc) is 2.87. The van der Waals surface area contributed by atoms with Crippen molar-refractivity contribution in [1.82, 2.24) is 0 Å². The van der Waals surface area contributed by atoms with Gasteiger partial charge in [0.05, 0.1) is 6.61 Å². The maximum absolute atomic E-state index is 12.7. The first-order valence-electron chi connectivity index (χ1n) is 7.83. The number of hydrogen-bond acceptors (Lipinski definition) is 4. The Morgan fingerprint density at radius 1 is 1.09 bits per heavy atom. The summed E-state index contributed by atoms with van der Waals surface area (Å²) in [5.74, 6) is -0.0428. The lowest BCUT2D eigenvalue weighted by Gasteiger charge is -2.38. The van der Waals surface area contributed by atoms with Gasteiger partial charge in [-0.15, -0.1) is 0 Å². The molecule has 0 amide bonds. The summed E-state index contributed by atoms with van der Waals surface area (Å²) in [5, 5.41) is 11.7. The van der Waals surface area contributed by atoms with Crippen molar-refractivity contribution in [2.45, 2.75) is 31.5 Å². The second-order valence-corrected chi connectivity index (χ2v) is 5.58. The molecular formula is C19H20O4. The van der Waals surface area contributed by atoms with Gasteiger partial charge in [0, 0.05) is 5.56 Å². The quantitative estimate of drug-likeness (QED) is 0.882. The van der Waals surface area contributed by atoms with Crippen molar-refractivity contribution in [3.05, 3.63) is 65.7 Å². The highest BCUT2D eigenvalue weighted by Crippen LogP contribution is 2.53. The number of benzene rings is 2. The lowest BCUT2D eigenvalue weighted by atomic mass is 9.73. The molecule has 2 atom stereocenters. The van der Waals surface area contributed by atoms with E-state index in [1.54, 1.807) is 31.2 Å². The summed E-state index contributed by atoms with van der Waals surface area (Å²) >= 11 is 0. The van der Waals surface area contributed by atoms with Gasteiger partial charge in [-0.25, -0.2) is 4.79 Å². The van der Waals surface area contributed by atoms with Crippen molar-refractivity contribution >= 4 is 5.97 Å². The smallest absolute Gasteiger partial charge is 0.354 e. The first-order chi connectivity index (χ1) is 11.1. The summed E-state index contributed by atoms with van der Waals surface area (Å²) in [4.78, 5) is 12.7. The third kappa shape index (κ3) is 2.05. The maximum Gasteiger partial charge on any atom is 0.354 e. The Morgan fingerprint density at radius 3 is 2.39 bits per heavy atom. The van der Waals surface area contributed by atoms with Crippen LogP contribution < -0.4 is 4.74 Å². The van der Waals surface area contributed by atoms with Gasteiger partial charge in [-0.1, -0.05) is 55.5 Å². The number of para-hydroxylation sites is 1. The molecule has 0 spiro atoms. The minimum Gasteiger partial charge on any atom is -0.471 e. The minimum atomic E-state index is -1.59. The lowest BCUT2D eigenvalue weighted by molar-refractivity contribution is -0.179. The van der Waals surface area contributed by atoms with Crippen molar-refractivity contribution < 1.29 is 19.4 Å². The van der Waals surface area contributed by atoms with Gasteiger partial charge in [0.1, 0.15) is 5.75 Å². The highest BCUT2D eigenvalue weighted by Gasteiger charge is 2.65. The number of carbonyl (C=O) groups is 1. The van der Waals surface area contributed by atoms with E-state index in [1.807, 2.05) is 37.3 Å². The molecule has 1 N–H and O–H groups in total. The molecule has 1 aliphatic heterocycles. The van der Waals surface area contributed by atoms with E-state index in [4.69, 9.17) is 9.47 Å². The normalized spacial score (nSPS) is 25.5. The van der Waals surface area contributed by atoms with Crippen LogP contribution in [0.25, 0.3) is 0 Å². The van der Waals surface area contributed by atoms with Crippen molar-refractivity contribution in [2.24, 2.45) is 0 Å². The summed E-state index contributed by atoms with van der Waals surface area (Å²) in [6, 6.07) is 16.3. The monoisotopic (exact) mass is 312 g/mol. The number of hydrogen-bond donors (Lipinski definition) is 1. The molecule has 1 heterocycles. The molecular weight excluding hydrogens is 292 g/mol. The number of esters is 1. The van der Waals surface area contributed by atoms with E-state index < -0.39 is 17.2 Å². The molecule has 1 aliphatic rings. The average molecular weight is 312 g/mol. The number of carbonyl (C=O) groups excluding carboxylic acids is 1. The van der Waals surface area contributed by atoms with Crippen LogP contribution in [0.1, 0.15) is 31.4 Å². The Kier molecular flexibility index (Phi) is 3.86. The van der Waals surface area contributed by atoms with Crippen LogP contribution in [0.4, 0.5) is 0 Å². The second-order valence-electron chi connectivity index (χ2n) is 5.58. The van der Waals surface area contributed by atoms with E-state index in [1.165, 1.54) is 0 Å². The van der Waals surface area contributed by atoms with Crippen LogP contribution >= 0.6 is 0 Å². The van der Waals surface area contributed by atoms with Crippen molar-refractivity contribution in [1.29, 1.82) is 0 Å². The molecule has 0 bridgehead atoms. The van der Waals surface area contributed by atoms with Gasteiger partial charge in [-0.3, -0.25) is 0 Å². The first kappa shape index (κ1) is 15.6. The van der Waals surface area contributed by atoms with Crippen molar-refractivity contribution in [3.8, 4) is 5.75 Å². The molecule has 0 aliphatic carbocycles. The van der Waals surface area contributed by atoms with E-state index in [0.29, 0.717) is 16.9 Å².